The van der Waals surface area contributed by atoms with E-state index in [4.69, 9.17) is 0 Å². The number of rotatable bonds is 3. The Hall–Kier alpha value is -2.69. The first-order valence-electron chi connectivity index (χ1n) is 6.66. The molecule has 0 aliphatic carbocycles. The summed E-state index contributed by atoms with van der Waals surface area (Å²) in [4.78, 5) is 27.8. The third-order valence-electron chi connectivity index (χ3n) is 2.98. The smallest absolute Gasteiger partial charge is 0.314 e. The minimum absolute atomic E-state index is 0.241. The molecule has 0 unspecified atom stereocenters. The average Bonchev–Trinajstić information content (AvgIpc) is 2.48. The maximum Gasteiger partial charge on any atom is 0.314 e. The van der Waals surface area contributed by atoms with Crippen LogP contribution in [0.2, 0.25) is 0 Å². The van der Waals surface area contributed by atoms with Gasteiger partial charge in [-0.15, -0.1) is 0 Å². The first-order valence-corrected chi connectivity index (χ1v) is 6.66. The van der Waals surface area contributed by atoms with Crippen LogP contribution in [0.25, 0.3) is 0 Å². The number of nitrogens with zero attached hydrogens (tertiary/aromatic N) is 1. The van der Waals surface area contributed by atoms with Gasteiger partial charge in [0.25, 0.3) is 0 Å². The molecule has 2 rings (SSSR count). The number of hydrogen-bond donors (Lipinski definition) is 2. The number of aryl methyl sites for hydroxylation is 1. The molecule has 2 aromatic rings. The van der Waals surface area contributed by atoms with Crippen molar-refractivity contribution in [3.05, 3.63) is 59.8 Å². The van der Waals surface area contributed by atoms with E-state index < -0.39 is 11.8 Å². The van der Waals surface area contributed by atoms with Gasteiger partial charge >= 0.3 is 11.8 Å². The van der Waals surface area contributed by atoms with Crippen LogP contribution in [0.15, 0.2) is 48.5 Å². The Morgan fingerprint density at radius 1 is 1.00 bits per heavy atom. The van der Waals surface area contributed by atoms with Gasteiger partial charge in [-0.1, -0.05) is 36.4 Å². The molecule has 1 aromatic carbocycles. The molecule has 1 aromatic heterocycles. The quantitative estimate of drug-likeness (QED) is 0.848. The molecule has 0 fully saturated rings. The van der Waals surface area contributed by atoms with Gasteiger partial charge < -0.3 is 10.6 Å². The van der Waals surface area contributed by atoms with Gasteiger partial charge in [0, 0.05) is 5.69 Å². The first kappa shape index (κ1) is 14.7. The molecular weight excluding hydrogens is 266 g/mol. The summed E-state index contributed by atoms with van der Waals surface area (Å²) in [5, 5.41) is 5.13. The number of hydrogen-bond acceptors (Lipinski definition) is 3. The Kier molecular flexibility index (Phi) is 4.66. The van der Waals surface area contributed by atoms with Gasteiger partial charge in [-0.3, -0.25) is 9.59 Å². The molecule has 0 aliphatic rings. The highest BCUT2D eigenvalue weighted by Gasteiger charge is 2.17. The molecule has 2 amide bonds. The number of amides is 2. The van der Waals surface area contributed by atoms with Gasteiger partial charge in [0.05, 0.1) is 6.04 Å². The van der Waals surface area contributed by atoms with Gasteiger partial charge in [0.1, 0.15) is 5.82 Å². The number of benzene rings is 1. The third-order valence-corrected chi connectivity index (χ3v) is 2.98. The van der Waals surface area contributed by atoms with E-state index in [1.165, 1.54) is 0 Å². The summed E-state index contributed by atoms with van der Waals surface area (Å²) in [5.74, 6) is -1.05. The molecule has 0 saturated heterocycles. The van der Waals surface area contributed by atoms with Crippen LogP contribution in [0.1, 0.15) is 24.2 Å². The summed E-state index contributed by atoms with van der Waals surface area (Å²) in [6.45, 7) is 3.64. The molecule has 0 aliphatic heterocycles. The topological polar surface area (TPSA) is 71.1 Å². The van der Waals surface area contributed by atoms with Crippen molar-refractivity contribution in [2.75, 3.05) is 5.32 Å². The SMILES string of the molecule is Cc1cccc(NC(=O)C(=O)N[C@H](C)c2ccccc2)n1. The highest BCUT2D eigenvalue weighted by atomic mass is 16.2. The molecular formula is C16H17N3O2. The summed E-state index contributed by atoms with van der Waals surface area (Å²) < 4.78 is 0. The molecule has 0 radical (unpaired) electrons. The van der Waals surface area contributed by atoms with Crippen LogP contribution < -0.4 is 10.6 Å². The fraction of sp³-hybridized carbons (Fsp3) is 0.188. The lowest BCUT2D eigenvalue weighted by molar-refractivity contribution is -0.136. The van der Waals surface area contributed by atoms with Crippen molar-refractivity contribution in [1.82, 2.24) is 10.3 Å². The monoisotopic (exact) mass is 283 g/mol. The second-order valence-corrected chi connectivity index (χ2v) is 4.72. The third kappa shape index (κ3) is 4.14. The van der Waals surface area contributed by atoms with Gasteiger partial charge in [-0.2, -0.15) is 0 Å². The van der Waals surface area contributed by atoms with Crippen LogP contribution in [0.4, 0.5) is 5.82 Å². The number of carbonyl (C=O) groups excluding carboxylic acids is 2. The Labute approximate surface area is 123 Å². The van der Waals surface area contributed by atoms with Gasteiger partial charge in [0.2, 0.25) is 0 Å². The maximum atomic E-state index is 11.9. The average molecular weight is 283 g/mol. The molecule has 1 atom stereocenters. The van der Waals surface area contributed by atoms with Crippen molar-refractivity contribution in [2.45, 2.75) is 19.9 Å². The second-order valence-electron chi connectivity index (χ2n) is 4.72. The molecule has 5 heteroatoms. The van der Waals surface area contributed by atoms with Crippen LogP contribution in [0.5, 0.6) is 0 Å². The number of anilines is 1. The largest absolute Gasteiger partial charge is 0.341 e. The molecule has 21 heavy (non-hydrogen) atoms. The fourth-order valence-electron chi connectivity index (χ4n) is 1.87. The molecule has 108 valence electrons. The lowest BCUT2D eigenvalue weighted by Crippen LogP contribution is -2.37. The summed E-state index contributed by atoms with van der Waals surface area (Å²) in [7, 11) is 0. The lowest BCUT2D eigenvalue weighted by Gasteiger charge is -2.13. The number of carbonyl (C=O) groups is 2. The van der Waals surface area contributed by atoms with E-state index in [1.807, 2.05) is 50.2 Å². The van der Waals surface area contributed by atoms with Gasteiger partial charge in [-0.25, -0.2) is 4.98 Å². The van der Waals surface area contributed by atoms with Crippen molar-refractivity contribution in [1.29, 1.82) is 0 Å². The van der Waals surface area contributed by atoms with E-state index >= 15 is 0 Å². The summed E-state index contributed by atoms with van der Waals surface area (Å²) in [6.07, 6.45) is 0. The zero-order valence-corrected chi connectivity index (χ0v) is 12.0. The maximum absolute atomic E-state index is 11.9. The molecule has 1 heterocycles. The Bertz CT molecular complexity index is 641. The highest BCUT2D eigenvalue weighted by molar-refractivity contribution is 6.39. The number of aromatic nitrogens is 1. The lowest BCUT2D eigenvalue weighted by atomic mass is 10.1. The van der Waals surface area contributed by atoms with Crippen LogP contribution in [0.3, 0.4) is 0 Å². The molecule has 0 spiro atoms. The Morgan fingerprint density at radius 3 is 2.38 bits per heavy atom. The van der Waals surface area contributed by atoms with Crippen LogP contribution >= 0.6 is 0 Å². The predicted molar refractivity (Wildman–Crippen MR) is 80.6 cm³/mol. The van der Waals surface area contributed by atoms with Crippen molar-refractivity contribution in [2.24, 2.45) is 0 Å². The molecule has 5 nitrogen and oxygen atoms in total. The van der Waals surface area contributed by atoms with Crippen molar-refractivity contribution >= 4 is 17.6 Å². The second kappa shape index (κ2) is 6.65. The van der Waals surface area contributed by atoms with Crippen LogP contribution in [-0.4, -0.2) is 16.8 Å². The van der Waals surface area contributed by atoms with E-state index in [0.29, 0.717) is 5.82 Å². The molecule has 0 saturated carbocycles. The van der Waals surface area contributed by atoms with E-state index in [2.05, 4.69) is 15.6 Å². The number of nitrogens with one attached hydrogen (secondary N) is 2. The minimum atomic E-state index is -0.726. The fourth-order valence-corrected chi connectivity index (χ4v) is 1.87. The van der Waals surface area contributed by atoms with E-state index in [1.54, 1.807) is 12.1 Å². The summed E-state index contributed by atoms with van der Waals surface area (Å²) >= 11 is 0. The Morgan fingerprint density at radius 2 is 1.71 bits per heavy atom. The van der Waals surface area contributed by atoms with Crippen LogP contribution in [0, 0.1) is 6.92 Å². The van der Waals surface area contributed by atoms with E-state index in [0.717, 1.165) is 11.3 Å². The number of pyridine rings is 1. The van der Waals surface area contributed by atoms with Crippen LogP contribution in [-0.2, 0) is 9.59 Å². The minimum Gasteiger partial charge on any atom is -0.341 e. The zero-order valence-electron chi connectivity index (χ0n) is 12.0. The predicted octanol–water partition coefficient (Wildman–Crippen LogP) is 2.21. The van der Waals surface area contributed by atoms with Gasteiger partial charge in [0.15, 0.2) is 0 Å². The van der Waals surface area contributed by atoms with Crippen molar-refractivity contribution in [3.63, 3.8) is 0 Å². The molecule has 0 bridgehead atoms. The zero-order chi connectivity index (χ0) is 15.2. The van der Waals surface area contributed by atoms with E-state index in [9.17, 15) is 9.59 Å². The summed E-state index contributed by atoms with van der Waals surface area (Å²) in [6, 6.07) is 14.4. The van der Waals surface area contributed by atoms with E-state index in [-0.39, 0.29) is 6.04 Å². The van der Waals surface area contributed by atoms with Crippen molar-refractivity contribution in [3.8, 4) is 0 Å². The normalized spacial score (nSPS) is 11.5. The van der Waals surface area contributed by atoms with Crippen molar-refractivity contribution < 1.29 is 9.59 Å². The molecule has 2 N–H and O–H groups in total. The van der Waals surface area contributed by atoms with Gasteiger partial charge in [-0.05, 0) is 31.5 Å². The summed E-state index contributed by atoms with van der Waals surface area (Å²) in [5.41, 5.74) is 1.71. The highest BCUT2D eigenvalue weighted by Crippen LogP contribution is 2.11. The first-order chi connectivity index (χ1) is 10.1. The Balaban J connectivity index is 1.95. The standard InChI is InChI=1S/C16H17N3O2/c1-11-7-6-10-14(17-11)19-16(21)15(20)18-12(2)13-8-4-3-5-9-13/h3-10,12H,1-2H3,(H,18,20)(H,17,19,21)/t12-/m1/s1.